The minimum atomic E-state index is 0.307. The van der Waals surface area contributed by atoms with E-state index in [4.69, 9.17) is 21.6 Å². The maximum absolute atomic E-state index is 6.17. The third kappa shape index (κ3) is 1.81. The van der Waals surface area contributed by atoms with E-state index in [0.717, 1.165) is 38.1 Å². The van der Waals surface area contributed by atoms with Crippen LogP contribution in [0.5, 0.6) is 0 Å². The first kappa shape index (κ1) is 12.6. The minimum Gasteiger partial charge on any atom is -0.321 e. The van der Waals surface area contributed by atoms with E-state index >= 15 is 0 Å². The molecule has 3 nitrogen and oxygen atoms in total. The Morgan fingerprint density at radius 3 is 2.43 bits per heavy atom. The highest BCUT2D eigenvalue weighted by Crippen LogP contribution is 2.32. The highest BCUT2D eigenvalue weighted by atomic mass is 35.5. The molecule has 2 aromatic heterocycles. The van der Waals surface area contributed by atoms with Gasteiger partial charge in [0.05, 0.1) is 16.6 Å². The van der Waals surface area contributed by atoms with Crippen molar-refractivity contribution in [3.05, 3.63) is 47.5 Å². The lowest BCUT2D eigenvalue weighted by atomic mass is 10.2. The van der Waals surface area contributed by atoms with E-state index in [9.17, 15) is 0 Å². The lowest BCUT2D eigenvalue weighted by molar-refractivity contribution is 0.637. The second kappa shape index (κ2) is 4.43. The van der Waals surface area contributed by atoms with Crippen LogP contribution in [0.25, 0.3) is 33.1 Å². The molecule has 0 aliphatic rings. The lowest BCUT2D eigenvalue weighted by Crippen LogP contribution is -2.01. The maximum Gasteiger partial charge on any atom is 0.160 e. The molecule has 0 fully saturated rings. The van der Waals surface area contributed by atoms with Gasteiger partial charge in [-0.3, -0.25) is 0 Å². The maximum atomic E-state index is 6.17. The molecule has 4 heteroatoms. The third-order valence-electron chi connectivity index (χ3n) is 3.77. The number of hydrogen-bond acceptors (Lipinski definition) is 2. The molecule has 0 aliphatic heterocycles. The summed E-state index contributed by atoms with van der Waals surface area (Å²) in [5.74, 6) is 0. The summed E-state index contributed by atoms with van der Waals surface area (Å²) in [7, 11) is 0. The molecule has 0 spiro atoms. The number of nitrogens with zero attached hydrogens (tertiary/aromatic N) is 3. The van der Waals surface area contributed by atoms with Crippen LogP contribution in [0.1, 0.15) is 19.9 Å². The Kier molecular flexibility index (Phi) is 2.66. The third-order valence-corrected chi connectivity index (χ3v) is 4.01. The molecule has 0 atom stereocenters. The van der Waals surface area contributed by atoms with Gasteiger partial charge in [0, 0.05) is 16.5 Å². The molecule has 2 aromatic carbocycles. The van der Waals surface area contributed by atoms with Gasteiger partial charge in [0.1, 0.15) is 5.52 Å². The monoisotopic (exact) mass is 295 g/mol. The van der Waals surface area contributed by atoms with Crippen LogP contribution in [-0.2, 0) is 0 Å². The Labute approximate surface area is 127 Å². The summed E-state index contributed by atoms with van der Waals surface area (Å²) >= 11 is 6.17. The quantitative estimate of drug-likeness (QED) is 0.496. The van der Waals surface area contributed by atoms with Crippen molar-refractivity contribution in [2.75, 3.05) is 0 Å². The topological polar surface area (TPSA) is 30.7 Å². The van der Waals surface area contributed by atoms with Crippen molar-refractivity contribution in [3.8, 4) is 0 Å². The van der Waals surface area contributed by atoms with Gasteiger partial charge in [0.2, 0.25) is 0 Å². The first-order valence-electron chi connectivity index (χ1n) is 7.01. The van der Waals surface area contributed by atoms with Crippen LogP contribution in [0.15, 0.2) is 42.5 Å². The van der Waals surface area contributed by atoms with Crippen LogP contribution in [-0.4, -0.2) is 14.5 Å². The van der Waals surface area contributed by atoms with Gasteiger partial charge in [-0.1, -0.05) is 23.7 Å². The van der Waals surface area contributed by atoms with Gasteiger partial charge in [0.15, 0.2) is 5.65 Å². The van der Waals surface area contributed by atoms with E-state index in [1.807, 2.05) is 42.5 Å². The fourth-order valence-corrected chi connectivity index (χ4v) is 3.06. The number of halogens is 1. The lowest BCUT2D eigenvalue weighted by Gasteiger charge is -2.10. The first-order chi connectivity index (χ1) is 10.1. The Bertz CT molecular complexity index is 986. The Balaban J connectivity index is 2.28. The van der Waals surface area contributed by atoms with E-state index in [2.05, 4.69) is 18.4 Å². The molecular formula is C17H14ClN3. The highest BCUT2D eigenvalue weighted by molar-refractivity contribution is 6.31. The smallest absolute Gasteiger partial charge is 0.160 e. The van der Waals surface area contributed by atoms with E-state index < -0.39 is 0 Å². The van der Waals surface area contributed by atoms with E-state index in [-0.39, 0.29) is 0 Å². The molecule has 0 bridgehead atoms. The minimum absolute atomic E-state index is 0.307. The summed E-state index contributed by atoms with van der Waals surface area (Å²) in [5, 5.41) is 1.78. The Morgan fingerprint density at radius 2 is 1.71 bits per heavy atom. The number of para-hydroxylation sites is 2. The molecule has 0 unspecified atom stereocenters. The van der Waals surface area contributed by atoms with Crippen LogP contribution >= 0.6 is 11.6 Å². The average Bonchev–Trinajstić information content (AvgIpc) is 2.78. The molecule has 0 aliphatic carbocycles. The van der Waals surface area contributed by atoms with Gasteiger partial charge in [-0.15, -0.1) is 0 Å². The molecule has 4 rings (SSSR count). The van der Waals surface area contributed by atoms with Gasteiger partial charge in [-0.2, -0.15) is 0 Å². The van der Waals surface area contributed by atoms with E-state index in [0.29, 0.717) is 6.04 Å². The van der Waals surface area contributed by atoms with E-state index in [1.54, 1.807) is 0 Å². The van der Waals surface area contributed by atoms with Crippen molar-refractivity contribution in [2.24, 2.45) is 0 Å². The number of benzene rings is 2. The van der Waals surface area contributed by atoms with Gasteiger partial charge >= 0.3 is 0 Å². The molecule has 104 valence electrons. The second-order valence-corrected chi connectivity index (χ2v) is 5.95. The average molecular weight is 296 g/mol. The molecular weight excluding hydrogens is 282 g/mol. The van der Waals surface area contributed by atoms with Crippen molar-refractivity contribution in [3.63, 3.8) is 0 Å². The largest absolute Gasteiger partial charge is 0.321 e. The molecule has 0 amide bonds. The number of fused-ring (bicyclic) bond motifs is 4. The summed E-state index contributed by atoms with van der Waals surface area (Å²) in [5.41, 5.74) is 4.79. The zero-order valence-corrected chi connectivity index (χ0v) is 12.6. The zero-order valence-electron chi connectivity index (χ0n) is 11.8. The number of hydrogen-bond donors (Lipinski definition) is 0. The SMILES string of the molecule is CC(C)n1c2ccc(Cl)cc2c2nc3ccccc3nc21. The predicted molar refractivity (Wildman–Crippen MR) is 87.9 cm³/mol. The molecule has 0 saturated carbocycles. The van der Waals surface area contributed by atoms with Crippen molar-refractivity contribution in [1.29, 1.82) is 0 Å². The Hall–Kier alpha value is -2.13. The second-order valence-electron chi connectivity index (χ2n) is 5.51. The summed E-state index contributed by atoms with van der Waals surface area (Å²) in [6, 6.07) is 14.2. The molecule has 4 aromatic rings. The van der Waals surface area contributed by atoms with Gasteiger partial charge in [-0.25, -0.2) is 9.97 Å². The van der Waals surface area contributed by atoms with Crippen LogP contribution in [0.4, 0.5) is 0 Å². The molecule has 0 N–H and O–H groups in total. The number of aromatic nitrogens is 3. The molecule has 21 heavy (non-hydrogen) atoms. The zero-order chi connectivity index (χ0) is 14.6. The molecule has 0 radical (unpaired) electrons. The first-order valence-corrected chi connectivity index (χ1v) is 7.39. The summed E-state index contributed by atoms with van der Waals surface area (Å²) < 4.78 is 2.22. The standard InChI is InChI=1S/C17H14ClN3/c1-10(2)21-15-8-7-11(18)9-12(15)16-17(21)20-14-6-4-3-5-13(14)19-16/h3-10H,1-2H3. The van der Waals surface area contributed by atoms with Crippen LogP contribution in [0.3, 0.4) is 0 Å². The fourth-order valence-electron chi connectivity index (χ4n) is 2.88. The fraction of sp³-hybridized carbons (Fsp3) is 0.176. The van der Waals surface area contributed by atoms with Crippen molar-refractivity contribution >= 4 is 44.7 Å². The highest BCUT2D eigenvalue weighted by Gasteiger charge is 2.16. The van der Waals surface area contributed by atoms with Crippen LogP contribution < -0.4 is 0 Å². The van der Waals surface area contributed by atoms with Crippen molar-refractivity contribution < 1.29 is 0 Å². The van der Waals surface area contributed by atoms with Crippen molar-refractivity contribution in [1.82, 2.24) is 14.5 Å². The summed E-state index contributed by atoms with van der Waals surface area (Å²) in [6.07, 6.45) is 0. The van der Waals surface area contributed by atoms with Gasteiger partial charge in [0.25, 0.3) is 0 Å². The van der Waals surface area contributed by atoms with Crippen LogP contribution in [0, 0.1) is 0 Å². The predicted octanol–water partition coefficient (Wildman–Crippen LogP) is 4.97. The van der Waals surface area contributed by atoms with Crippen molar-refractivity contribution in [2.45, 2.75) is 19.9 Å². The molecule has 2 heterocycles. The number of rotatable bonds is 1. The van der Waals surface area contributed by atoms with E-state index in [1.165, 1.54) is 0 Å². The van der Waals surface area contributed by atoms with Gasteiger partial charge < -0.3 is 4.57 Å². The van der Waals surface area contributed by atoms with Crippen LogP contribution in [0.2, 0.25) is 5.02 Å². The normalized spacial score (nSPS) is 12.0. The van der Waals surface area contributed by atoms with Gasteiger partial charge in [-0.05, 0) is 44.2 Å². The summed E-state index contributed by atoms with van der Waals surface area (Å²) in [4.78, 5) is 9.63. The molecule has 0 saturated heterocycles. The summed E-state index contributed by atoms with van der Waals surface area (Å²) in [6.45, 7) is 4.31. The Morgan fingerprint density at radius 1 is 1.00 bits per heavy atom.